The standard InChI is InChI=1S/C30H26F2N2O2/c1-21(24-8-3-2-4-9-24)33-29(35)18-22-13-15-28(16-14-22)34(20-23-7-5-11-26(31)17-23)30(36)25-10-6-12-27(32)19-25/h2-17,19,21H,18,20H2,1H3,(H,33,35)/t21-/m0/s1. The van der Waals surface area contributed by atoms with E-state index in [0.717, 1.165) is 11.1 Å². The zero-order valence-electron chi connectivity index (χ0n) is 19.8. The van der Waals surface area contributed by atoms with Crippen LogP contribution in [0.5, 0.6) is 0 Å². The molecule has 0 aliphatic rings. The van der Waals surface area contributed by atoms with Crippen molar-refractivity contribution in [3.63, 3.8) is 0 Å². The van der Waals surface area contributed by atoms with Crippen LogP contribution in [-0.4, -0.2) is 11.8 Å². The van der Waals surface area contributed by atoms with Crippen molar-refractivity contribution < 1.29 is 18.4 Å². The van der Waals surface area contributed by atoms with Gasteiger partial charge in [0.1, 0.15) is 11.6 Å². The Hall–Kier alpha value is -4.32. The minimum atomic E-state index is -0.516. The van der Waals surface area contributed by atoms with E-state index in [4.69, 9.17) is 0 Å². The van der Waals surface area contributed by atoms with Gasteiger partial charge < -0.3 is 10.2 Å². The summed E-state index contributed by atoms with van der Waals surface area (Å²) >= 11 is 0. The van der Waals surface area contributed by atoms with Crippen LogP contribution in [0, 0.1) is 11.6 Å². The van der Waals surface area contributed by atoms with Gasteiger partial charge in [-0.1, -0.05) is 60.7 Å². The van der Waals surface area contributed by atoms with E-state index in [0.29, 0.717) is 11.3 Å². The topological polar surface area (TPSA) is 49.4 Å². The number of rotatable bonds is 8. The molecule has 1 atom stereocenters. The van der Waals surface area contributed by atoms with E-state index < -0.39 is 17.5 Å². The van der Waals surface area contributed by atoms with Crippen LogP contribution in [-0.2, 0) is 17.8 Å². The first-order valence-electron chi connectivity index (χ1n) is 11.6. The largest absolute Gasteiger partial charge is 0.349 e. The summed E-state index contributed by atoms with van der Waals surface area (Å²) < 4.78 is 27.6. The maximum absolute atomic E-state index is 13.8. The molecular formula is C30H26F2N2O2. The molecule has 4 aromatic carbocycles. The molecule has 2 amide bonds. The van der Waals surface area contributed by atoms with Crippen LogP contribution in [0.25, 0.3) is 0 Å². The third kappa shape index (κ3) is 6.42. The molecule has 0 aromatic heterocycles. The van der Waals surface area contributed by atoms with Crippen molar-refractivity contribution in [2.45, 2.75) is 25.9 Å². The van der Waals surface area contributed by atoms with Gasteiger partial charge in [-0.3, -0.25) is 9.59 Å². The van der Waals surface area contributed by atoms with Crippen LogP contribution in [0.1, 0.15) is 40.0 Å². The Bertz CT molecular complexity index is 1340. The summed E-state index contributed by atoms with van der Waals surface area (Å²) in [7, 11) is 0. The van der Waals surface area contributed by atoms with Gasteiger partial charge in [0, 0.05) is 11.3 Å². The number of nitrogens with one attached hydrogen (secondary N) is 1. The summed E-state index contributed by atoms with van der Waals surface area (Å²) in [4.78, 5) is 27.3. The number of nitrogens with zero attached hydrogens (tertiary/aromatic N) is 1. The molecule has 0 radical (unpaired) electrons. The lowest BCUT2D eigenvalue weighted by atomic mass is 10.1. The van der Waals surface area contributed by atoms with Crippen molar-refractivity contribution in [1.29, 1.82) is 0 Å². The lowest BCUT2D eigenvalue weighted by molar-refractivity contribution is -0.121. The van der Waals surface area contributed by atoms with Crippen LogP contribution in [0.15, 0.2) is 103 Å². The van der Waals surface area contributed by atoms with Crippen molar-refractivity contribution in [1.82, 2.24) is 5.32 Å². The fraction of sp³-hybridized carbons (Fsp3) is 0.133. The molecular weight excluding hydrogens is 458 g/mol. The molecule has 0 saturated carbocycles. The molecule has 4 nitrogen and oxygen atoms in total. The molecule has 0 unspecified atom stereocenters. The SMILES string of the molecule is C[C@H](NC(=O)Cc1ccc(N(Cc2cccc(F)c2)C(=O)c2cccc(F)c2)cc1)c1ccccc1. The van der Waals surface area contributed by atoms with Gasteiger partial charge in [0.2, 0.25) is 5.91 Å². The first kappa shape index (κ1) is 24.8. The fourth-order valence-corrected chi connectivity index (χ4v) is 3.97. The highest BCUT2D eigenvalue weighted by molar-refractivity contribution is 6.06. The van der Waals surface area contributed by atoms with Crippen molar-refractivity contribution in [3.05, 3.63) is 137 Å². The number of benzene rings is 4. The average molecular weight is 485 g/mol. The van der Waals surface area contributed by atoms with Crippen LogP contribution in [0.3, 0.4) is 0 Å². The van der Waals surface area contributed by atoms with Crippen molar-refractivity contribution >= 4 is 17.5 Å². The molecule has 4 aromatic rings. The molecule has 0 aliphatic heterocycles. The lowest BCUT2D eigenvalue weighted by Gasteiger charge is -2.24. The van der Waals surface area contributed by atoms with Gasteiger partial charge in [-0.15, -0.1) is 0 Å². The number of hydrogen-bond donors (Lipinski definition) is 1. The Balaban J connectivity index is 1.51. The Morgan fingerprint density at radius 3 is 2.11 bits per heavy atom. The first-order chi connectivity index (χ1) is 17.4. The lowest BCUT2D eigenvalue weighted by Crippen LogP contribution is -2.30. The highest BCUT2D eigenvalue weighted by atomic mass is 19.1. The van der Waals surface area contributed by atoms with Gasteiger partial charge in [-0.2, -0.15) is 0 Å². The summed E-state index contributed by atoms with van der Waals surface area (Å²) in [6.07, 6.45) is 0.180. The predicted molar refractivity (Wildman–Crippen MR) is 136 cm³/mol. The van der Waals surface area contributed by atoms with Gasteiger partial charge in [-0.05, 0) is 66.1 Å². The number of halogens is 2. The molecule has 36 heavy (non-hydrogen) atoms. The molecule has 0 saturated heterocycles. The maximum atomic E-state index is 13.8. The summed E-state index contributed by atoms with van der Waals surface area (Å²) in [5.41, 5.74) is 3.13. The van der Waals surface area contributed by atoms with Crippen LogP contribution in [0.2, 0.25) is 0 Å². The van der Waals surface area contributed by atoms with Gasteiger partial charge in [-0.25, -0.2) is 8.78 Å². The number of amides is 2. The van der Waals surface area contributed by atoms with Crippen molar-refractivity contribution in [3.8, 4) is 0 Å². The molecule has 0 spiro atoms. The number of carbonyl (C=O) groups excluding carboxylic acids is 2. The van der Waals surface area contributed by atoms with E-state index in [1.165, 1.54) is 41.3 Å². The van der Waals surface area contributed by atoms with E-state index in [1.54, 1.807) is 36.4 Å². The first-order valence-corrected chi connectivity index (χ1v) is 11.6. The van der Waals surface area contributed by atoms with E-state index >= 15 is 0 Å². The zero-order chi connectivity index (χ0) is 25.5. The van der Waals surface area contributed by atoms with Crippen LogP contribution in [0.4, 0.5) is 14.5 Å². The zero-order valence-corrected chi connectivity index (χ0v) is 19.8. The van der Waals surface area contributed by atoms with Crippen molar-refractivity contribution in [2.75, 3.05) is 4.90 Å². The second-order valence-electron chi connectivity index (χ2n) is 8.57. The molecule has 182 valence electrons. The summed E-state index contributed by atoms with van der Waals surface area (Å²) in [6.45, 7) is 2.03. The van der Waals surface area contributed by atoms with Gasteiger partial charge in [0.05, 0.1) is 19.0 Å². The van der Waals surface area contributed by atoms with E-state index in [2.05, 4.69) is 5.32 Å². The number of carbonyl (C=O) groups is 2. The Kier molecular flexibility index (Phi) is 7.85. The molecule has 6 heteroatoms. The third-order valence-corrected chi connectivity index (χ3v) is 5.84. The molecule has 0 aliphatic carbocycles. The second-order valence-corrected chi connectivity index (χ2v) is 8.57. The summed E-state index contributed by atoms with van der Waals surface area (Å²) in [6, 6.07) is 28.1. The minimum Gasteiger partial charge on any atom is -0.349 e. The fourth-order valence-electron chi connectivity index (χ4n) is 3.97. The molecule has 4 rings (SSSR count). The Morgan fingerprint density at radius 2 is 1.44 bits per heavy atom. The monoisotopic (exact) mass is 484 g/mol. The highest BCUT2D eigenvalue weighted by Crippen LogP contribution is 2.22. The Labute approximate surface area is 209 Å². The van der Waals surface area contributed by atoms with Gasteiger partial charge in [0.25, 0.3) is 5.91 Å². The second kappa shape index (κ2) is 11.4. The van der Waals surface area contributed by atoms with Crippen molar-refractivity contribution in [2.24, 2.45) is 0 Å². The van der Waals surface area contributed by atoms with Gasteiger partial charge >= 0.3 is 0 Å². The van der Waals surface area contributed by atoms with Gasteiger partial charge in [0.15, 0.2) is 0 Å². The summed E-state index contributed by atoms with van der Waals surface area (Å²) in [5, 5.41) is 2.99. The maximum Gasteiger partial charge on any atom is 0.258 e. The minimum absolute atomic E-state index is 0.0987. The van der Waals surface area contributed by atoms with E-state index in [-0.39, 0.29) is 30.5 Å². The van der Waals surface area contributed by atoms with E-state index in [1.807, 2.05) is 37.3 Å². The molecule has 0 bridgehead atoms. The number of hydrogen-bond acceptors (Lipinski definition) is 2. The summed E-state index contributed by atoms with van der Waals surface area (Å²) in [5.74, 6) is -1.46. The molecule has 1 N–H and O–H groups in total. The highest BCUT2D eigenvalue weighted by Gasteiger charge is 2.19. The third-order valence-electron chi connectivity index (χ3n) is 5.84. The average Bonchev–Trinajstić information content (AvgIpc) is 2.88. The van der Waals surface area contributed by atoms with Crippen LogP contribution >= 0.6 is 0 Å². The van der Waals surface area contributed by atoms with E-state index in [9.17, 15) is 18.4 Å². The predicted octanol–water partition coefficient (Wildman–Crippen LogP) is 6.23. The normalized spacial score (nSPS) is 11.5. The number of anilines is 1. The van der Waals surface area contributed by atoms with Crippen LogP contribution < -0.4 is 10.2 Å². The Morgan fingerprint density at radius 1 is 0.778 bits per heavy atom. The molecule has 0 fully saturated rings. The quantitative estimate of drug-likeness (QED) is 0.322. The smallest absolute Gasteiger partial charge is 0.258 e. The molecule has 0 heterocycles.